The number of hydrogen-bond donors (Lipinski definition) is 1. The molecule has 152 valence electrons. The predicted octanol–water partition coefficient (Wildman–Crippen LogP) is 0.668. The van der Waals surface area contributed by atoms with E-state index in [1.807, 2.05) is 0 Å². The molecule has 30 heavy (non-hydrogen) atoms. The lowest BCUT2D eigenvalue weighted by Crippen LogP contribution is -2.37. The fourth-order valence-electron chi connectivity index (χ4n) is 3.03. The lowest BCUT2D eigenvalue weighted by molar-refractivity contribution is -0.116. The van der Waals surface area contributed by atoms with Crippen LogP contribution in [0.1, 0.15) is 0 Å². The second-order valence-corrected chi connectivity index (χ2v) is 6.61. The van der Waals surface area contributed by atoms with Crippen molar-refractivity contribution in [3.05, 3.63) is 69.4 Å². The molecule has 3 aromatic heterocycles. The maximum Gasteiger partial charge on any atom is 0.332 e. The lowest BCUT2D eigenvalue weighted by Gasteiger charge is -2.07. The van der Waals surface area contributed by atoms with Crippen LogP contribution in [-0.4, -0.2) is 34.8 Å². The molecule has 0 aliphatic carbocycles. The third-order valence-corrected chi connectivity index (χ3v) is 4.60. The Balaban J connectivity index is 1.53. The average molecular weight is 409 g/mol. The van der Waals surface area contributed by atoms with Gasteiger partial charge in [-0.1, -0.05) is 0 Å². The van der Waals surface area contributed by atoms with Crippen molar-refractivity contribution in [3.63, 3.8) is 0 Å². The number of nitrogens with zero attached hydrogens (tertiary/aromatic N) is 6. The molecule has 0 radical (unpaired) electrons. The Kier molecular flexibility index (Phi) is 4.70. The van der Waals surface area contributed by atoms with Crippen molar-refractivity contribution in [2.75, 3.05) is 5.32 Å². The Morgan fingerprint density at radius 3 is 2.43 bits per heavy atom. The molecule has 3 heterocycles. The average Bonchev–Trinajstić information content (AvgIpc) is 3.15. The number of carbonyl (C=O) groups excluding carboxylic acids is 1. The first-order chi connectivity index (χ1) is 14.3. The molecule has 0 unspecified atom stereocenters. The normalized spacial score (nSPS) is 11.0. The molecule has 0 saturated carbocycles. The van der Waals surface area contributed by atoms with E-state index in [-0.39, 0.29) is 29.3 Å². The van der Waals surface area contributed by atoms with Crippen LogP contribution in [0.5, 0.6) is 0 Å². The standard InChI is InChI=1S/C19H16FN7O3/c1-25-17-16(18(29)26(2)19(25)30)27(10-21-17)9-15(28)22-14-8-7-13(23-24-14)11-3-5-12(20)6-4-11/h3-8,10H,9H2,1-2H3,(H,22,24,28). The molecule has 0 aliphatic rings. The summed E-state index contributed by atoms with van der Waals surface area (Å²) < 4.78 is 16.6. The number of aromatic nitrogens is 6. The van der Waals surface area contributed by atoms with E-state index in [0.717, 1.165) is 4.57 Å². The maximum atomic E-state index is 13.0. The third-order valence-electron chi connectivity index (χ3n) is 4.60. The molecule has 0 fully saturated rings. The fourth-order valence-corrected chi connectivity index (χ4v) is 3.03. The number of rotatable bonds is 4. The largest absolute Gasteiger partial charge is 0.332 e. The molecular formula is C19H16FN7O3. The number of carbonyl (C=O) groups is 1. The summed E-state index contributed by atoms with van der Waals surface area (Å²) in [7, 11) is 2.86. The summed E-state index contributed by atoms with van der Waals surface area (Å²) in [5.41, 5.74) is 0.513. The number of nitrogens with one attached hydrogen (secondary N) is 1. The second kappa shape index (κ2) is 7.35. The molecule has 1 amide bonds. The Morgan fingerprint density at radius 1 is 1.03 bits per heavy atom. The highest BCUT2D eigenvalue weighted by molar-refractivity contribution is 5.90. The Hall–Kier alpha value is -4.15. The zero-order chi connectivity index (χ0) is 21.4. The van der Waals surface area contributed by atoms with Crippen molar-refractivity contribution in [2.45, 2.75) is 6.54 Å². The van der Waals surface area contributed by atoms with E-state index >= 15 is 0 Å². The summed E-state index contributed by atoms with van der Waals surface area (Å²) in [6, 6.07) is 9.02. The SMILES string of the molecule is Cn1c(=O)c2c(ncn2CC(=O)Nc2ccc(-c3ccc(F)cc3)nn2)n(C)c1=O. The van der Waals surface area contributed by atoms with Crippen molar-refractivity contribution in [1.29, 1.82) is 0 Å². The number of hydrogen-bond acceptors (Lipinski definition) is 6. The Bertz CT molecular complexity index is 1370. The van der Waals surface area contributed by atoms with Gasteiger partial charge in [0.25, 0.3) is 5.56 Å². The van der Waals surface area contributed by atoms with Gasteiger partial charge in [-0.2, -0.15) is 0 Å². The van der Waals surface area contributed by atoms with Gasteiger partial charge in [-0.25, -0.2) is 14.2 Å². The third kappa shape index (κ3) is 3.36. The van der Waals surface area contributed by atoms with Crippen LogP contribution in [0, 0.1) is 5.82 Å². The van der Waals surface area contributed by atoms with E-state index in [1.165, 1.54) is 41.7 Å². The molecule has 0 aliphatic heterocycles. The van der Waals surface area contributed by atoms with Crippen molar-refractivity contribution in [3.8, 4) is 11.3 Å². The van der Waals surface area contributed by atoms with Crippen molar-refractivity contribution < 1.29 is 9.18 Å². The topological polar surface area (TPSA) is 117 Å². The van der Waals surface area contributed by atoms with Gasteiger partial charge in [0.15, 0.2) is 17.0 Å². The Labute approximate surface area is 168 Å². The number of anilines is 1. The summed E-state index contributed by atoms with van der Waals surface area (Å²) in [5, 5.41) is 10.6. The van der Waals surface area contributed by atoms with Crippen LogP contribution in [0.15, 0.2) is 52.3 Å². The molecule has 0 spiro atoms. The van der Waals surface area contributed by atoms with Gasteiger partial charge in [0.1, 0.15) is 12.4 Å². The summed E-state index contributed by atoms with van der Waals surface area (Å²) in [6.45, 7) is -0.203. The highest BCUT2D eigenvalue weighted by Gasteiger charge is 2.16. The van der Waals surface area contributed by atoms with E-state index in [1.54, 1.807) is 24.3 Å². The Morgan fingerprint density at radius 2 is 1.77 bits per heavy atom. The minimum Gasteiger partial charge on any atom is -0.315 e. The van der Waals surface area contributed by atoms with Crippen LogP contribution in [0.4, 0.5) is 10.2 Å². The summed E-state index contributed by atoms with van der Waals surface area (Å²) in [4.78, 5) is 40.9. The predicted molar refractivity (Wildman–Crippen MR) is 106 cm³/mol. The molecular weight excluding hydrogens is 393 g/mol. The van der Waals surface area contributed by atoms with Crippen molar-refractivity contribution >= 4 is 22.9 Å². The zero-order valence-electron chi connectivity index (χ0n) is 16.0. The van der Waals surface area contributed by atoms with Gasteiger partial charge in [-0.15, -0.1) is 10.2 Å². The first-order valence-corrected chi connectivity index (χ1v) is 8.85. The van der Waals surface area contributed by atoms with E-state index in [0.29, 0.717) is 11.3 Å². The quantitative estimate of drug-likeness (QED) is 0.530. The summed E-state index contributed by atoms with van der Waals surface area (Å²) in [6.07, 6.45) is 1.33. The maximum absolute atomic E-state index is 13.0. The molecule has 1 aromatic carbocycles. The number of benzene rings is 1. The zero-order valence-corrected chi connectivity index (χ0v) is 16.0. The molecule has 0 saturated heterocycles. The van der Waals surface area contributed by atoms with Crippen LogP contribution < -0.4 is 16.6 Å². The first kappa shape index (κ1) is 19.2. The number of aryl methyl sites for hydroxylation is 1. The van der Waals surface area contributed by atoms with Gasteiger partial charge in [0, 0.05) is 19.7 Å². The van der Waals surface area contributed by atoms with E-state index in [9.17, 15) is 18.8 Å². The summed E-state index contributed by atoms with van der Waals surface area (Å²) in [5.74, 6) is -0.581. The van der Waals surface area contributed by atoms with Gasteiger partial charge < -0.3 is 9.88 Å². The number of halogens is 1. The number of amides is 1. The second-order valence-electron chi connectivity index (χ2n) is 6.61. The van der Waals surface area contributed by atoms with Crippen LogP contribution in [0.2, 0.25) is 0 Å². The van der Waals surface area contributed by atoms with Gasteiger partial charge in [-0.05, 0) is 36.4 Å². The number of imidazole rings is 1. The van der Waals surface area contributed by atoms with Crippen LogP contribution in [0.3, 0.4) is 0 Å². The lowest BCUT2D eigenvalue weighted by atomic mass is 10.1. The monoisotopic (exact) mass is 409 g/mol. The molecule has 11 heteroatoms. The minimum absolute atomic E-state index is 0.146. The van der Waals surface area contributed by atoms with Gasteiger partial charge in [0.2, 0.25) is 5.91 Å². The van der Waals surface area contributed by atoms with Crippen molar-refractivity contribution in [2.24, 2.45) is 14.1 Å². The first-order valence-electron chi connectivity index (χ1n) is 8.85. The highest BCUT2D eigenvalue weighted by atomic mass is 19.1. The van der Waals surface area contributed by atoms with Crippen molar-refractivity contribution in [1.82, 2.24) is 28.9 Å². The molecule has 0 atom stereocenters. The minimum atomic E-state index is -0.540. The fraction of sp³-hybridized carbons (Fsp3) is 0.158. The molecule has 0 bridgehead atoms. The molecule has 10 nitrogen and oxygen atoms in total. The van der Waals surface area contributed by atoms with E-state index in [2.05, 4.69) is 20.5 Å². The van der Waals surface area contributed by atoms with Crippen LogP contribution >= 0.6 is 0 Å². The number of fused-ring (bicyclic) bond motifs is 1. The van der Waals surface area contributed by atoms with Gasteiger partial charge in [0.05, 0.1) is 12.0 Å². The molecule has 1 N–H and O–H groups in total. The highest BCUT2D eigenvalue weighted by Crippen LogP contribution is 2.17. The van der Waals surface area contributed by atoms with E-state index < -0.39 is 17.2 Å². The van der Waals surface area contributed by atoms with Crippen LogP contribution in [0.25, 0.3) is 22.4 Å². The molecule has 4 rings (SSSR count). The molecule has 4 aromatic rings. The van der Waals surface area contributed by atoms with Crippen LogP contribution in [-0.2, 0) is 25.4 Å². The van der Waals surface area contributed by atoms with E-state index in [4.69, 9.17) is 0 Å². The van der Waals surface area contributed by atoms with Gasteiger partial charge >= 0.3 is 5.69 Å². The van der Waals surface area contributed by atoms with Gasteiger partial charge in [-0.3, -0.25) is 18.7 Å². The summed E-state index contributed by atoms with van der Waals surface area (Å²) >= 11 is 0. The smallest absolute Gasteiger partial charge is 0.315 e.